The average Bonchev–Trinajstić information content (AvgIpc) is 3.09. The Kier molecular flexibility index (Phi) is 4.19. The highest BCUT2D eigenvalue weighted by Gasteiger charge is 2.33. The van der Waals surface area contributed by atoms with Gasteiger partial charge in [0.05, 0.1) is 17.0 Å². The first kappa shape index (κ1) is 17.4. The highest BCUT2D eigenvalue weighted by atomic mass is 32.2. The third-order valence-corrected chi connectivity index (χ3v) is 7.38. The van der Waals surface area contributed by atoms with Crippen molar-refractivity contribution >= 4 is 32.0 Å². The molecule has 1 fully saturated rings. The van der Waals surface area contributed by atoms with E-state index in [2.05, 4.69) is 19.9 Å². The zero-order chi connectivity index (χ0) is 18.5. The van der Waals surface area contributed by atoms with Crippen molar-refractivity contribution < 1.29 is 8.42 Å². The third kappa shape index (κ3) is 2.77. The molecule has 1 unspecified atom stereocenters. The minimum atomic E-state index is -3.26. The van der Waals surface area contributed by atoms with Crippen molar-refractivity contribution in [3.05, 3.63) is 30.0 Å². The summed E-state index contributed by atoms with van der Waals surface area (Å²) in [6.45, 7) is 6.48. The van der Waals surface area contributed by atoms with Crippen LogP contribution in [0.3, 0.4) is 0 Å². The topological polar surface area (TPSA) is 91.8 Å². The Labute approximate surface area is 152 Å². The summed E-state index contributed by atoms with van der Waals surface area (Å²) in [6, 6.07) is 1.95. The van der Waals surface area contributed by atoms with E-state index < -0.39 is 15.3 Å². The zero-order valence-electron chi connectivity index (χ0n) is 15.2. The van der Waals surface area contributed by atoms with Gasteiger partial charge in [-0.15, -0.1) is 0 Å². The number of nitrogens with one attached hydrogen (secondary N) is 1. The van der Waals surface area contributed by atoms with Gasteiger partial charge in [-0.25, -0.2) is 27.7 Å². The van der Waals surface area contributed by atoms with E-state index in [4.69, 9.17) is 0 Å². The van der Waals surface area contributed by atoms with E-state index in [1.807, 2.05) is 13.0 Å². The van der Waals surface area contributed by atoms with Crippen molar-refractivity contribution in [1.82, 2.24) is 24.2 Å². The van der Waals surface area contributed by atoms with Gasteiger partial charge in [0, 0.05) is 41.7 Å². The van der Waals surface area contributed by atoms with Crippen LogP contribution >= 0.6 is 0 Å². The molecule has 0 spiro atoms. The van der Waals surface area contributed by atoms with Gasteiger partial charge in [-0.1, -0.05) is 0 Å². The second kappa shape index (κ2) is 6.28. The maximum Gasteiger partial charge on any atom is 0.216 e. The predicted octanol–water partition coefficient (Wildman–Crippen LogP) is 2.73. The number of hydrogen-bond acceptors (Lipinski definition) is 5. The predicted molar refractivity (Wildman–Crippen MR) is 102 cm³/mol. The first-order valence-corrected chi connectivity index (χ1v) is 10.5. The molecular weight excluding hydrogens is 350 g/mol. The quantitative estimate of drug-likeness (QED) is 0.762. The minimum Gasteiger partial charge on any atom is -0.347 e. The van der Waals surface area contributed by atoms with Crippen LogP contribution in [0.2, 0.25) is 0 Å². The number of H-pyrrole nitrogens is 1. The summed E-state index contributed by atoms with van der Waals surface area (Å²) >= 11 is 0. The van der Waals surface area contributed by atoms with E-state index in [-0.39, 0.29) is 5.92 Å². The summed E-state index contributed by atoms with van der Waals surface area (Å²) in [5.74, 6) is 0.902. The monoisotopic (exact) mass is 373 g/mol. The Morgan fingerprint density at radius 1 is 1.31 bits per heavy atom. The number of pyridine rings is 1. The molecule has 4 rings (SSSR count). The molecule has 26 heavy (non-hydrogen) atoms. The Hall–Kier alpha value is -2.06. The van der Waals surface area contributed by atoms with Crippen molar-refractivity contribution in [1.29, 1.82) is 0 Å². The maximum atomic E-state index is 12.6. The van der Waals surface area contributed by atoms with Crippen molar-refractivity contribution in [2.45, 2.75) is 44.8 Å². The number of aryl methyl sites for hydroxylation is 1. The molecule has 3 aromatic heterocycles. The van der Waals surface area contributed by atoms with Crippen LogP contribution in [0.1, 0.15) is 44.1 Å². The smallest absolute Gasteiger partial charge is 0.216 e. The lowest BCUT2D eigenvalue weighted by Crippen LogP contribution is -2.42. The maximum absolute atomic E-state index is 12.6. The minimum absolute atomic E-state index is 0.0991. The number of sulfonamides is 1. The molecule has 1 aliphatic rings. The molecule has 8 heteroatoms. The Morgan fingerprint density at radius 2 is 2.12 bits per heavy atom. The summed E-state index contributed by atoms with van der Waals surface area (Å²) in [6.07, 6.45) is 5.29. The molecule has 0 amide bonds. The molecule has 138 valence electrons. The molecule has 0 aromatic carbocycles. The Bertz CT molecular complexity index is 1070. The second-order valence-electron chi connectivity index (χ2n) is 7.23. The van der Waals surface area contributed by atoms with Crippen molar-refractivity contribution in [2.75, 3.05) is 13.1 Å². The normalized spacial score (nSPS) is 19.6. The largest absolute Gasteiger partial charge is 0.347 e. The first-order valence-electron chi connectivity index (χ1n) is 8.97. The van der Waals surface area contributed by atoms with Gasteiger partial charge < -0.3 is 4.98 Å². The van der Waals surface area contributed by atoms with E-state index in [1.54, 1.807) is 30.5 Å². The molecule has 1 N–H and O–H groups in total. The lowest BCUT2D eigenvalue weighted by molar-refractivity contribution is 0.311. The number of rotatable bonds is 3. The van der Waals surface area contributed by atoms with Gasteiger partial charge in [0.1, 0.15) is 5.82 Å². The molecular formula is C18H23N5O2S. The molecule has 0 bridgehead atoms. The molecule has 1 saturated heterocycles. The van der Waals surface area contributed by atoms with Crippen molar-refractivity contribution in [3.8, 4) is 0 Å². The fraction of sp³-hybridized carbons (Fsp3) is 0.500. The van der Waals surface area contributed by atoms with Crippen LogP contribution in [0.25, 0.3) is 21.9 Å². The number of fused-ring (bicyclic) bond motifs is 3. The van der Waals surface area contributed by atoms with E-state index >= 15 is 0 Å². The summed E-state index contributed by atoms with van der Waals surface area (Å²) in [7, 11) is -3.26. The van der Waals surface area contributed by atoms with Gasteiger partial charge in [-0.2, -0.15) is 0 Å². The van der Waals surface area contributed by atoms with Gasteiger partial charge in [0.25, 0.3) is 0 Å². The van der Waals surface area contributed by atoms with Crippen LogP contribution in [-0.4, -0.2) is 51.0 Å². The zero-order valence-corrected chi connectivity index (χ0v) is 16.0. The highest BCUT2D eigenvalue weighted by Crippen LogP contribution is 2.34. The number of nitrogens with zero attached hydrogens (tertiary/aromatic N) is 4. The lowest BCUT2D eigenvalue weighted by atomic mass is 9.92. The Morgan fingerprint density at radius 3 is 2.88 bits per heavy atom. The molecule has 0 radical (unpaired) electrons. The van der Waals surface area contributed by atoms with Crippen LogP contribution in [0, 0.1) is 6.92 Å². The molecule has 0 aliphatic carbocycles. The van der Waals surface area contributed by atoms with Gasteiger partial charge >= 0.3 is 0 Å². The molecule has 7 nitrogen and oxygen atoms in total. The summed E-state index contributed by atoms with van der Waals surface area (Å²) in [5.41, 5.74) is 2.55. The highest BCUT2D eigenvalue weighted by molar-refractivity contribution is 7.89. The van der Waals surface area contributed by atoms with Crippen LogP contribution in [0.4, 0.5) is 0 Å². The van der Waals surface area contributed by atoms with Crippen LogP contribution in [0.15, 0.2) is 18.5 Å². The van der Waals surface area contributed by atoms with E-state index in [0.29, 0.717) is 18.7 Å². The van der Waals surface area contributed by atoms with E-state index in [0.717, 1.165) is 40.6 Å². The summed E-state index contributed by atoms with van der Waals surface area (Å²) in [5, 5.41) is 1.56. The van der Waals surface area contributed by atoms with Crippen LogP contribution in [0.5, 0.6) is 0 Å². The number of aromatic nitrogens is 4. The third-order valence-electron chi connectivity index (χ3n) is 5.13. The number of aromatic amines is 1. The van der Waals surface area contributed by atoms with Crippen molar-refractivity contribution in [3.63, 3.8) is 0 Å². The number of hydrogen-bond donors (Lipinski definition) is 1. The number of piperidine rings is 1. The summed E-state index contributed by atoms with van der Waals surface area (Å²) < 4.78 is 26.9. The fourth-order valence-electron chi connectivity index (χ4n) is 3.80. The molecule has 0 saturated carbocycles. The van der Waals surface area contributed by atoms with Crippen LogP contribution in [-0.2, 0) is 10.0 Å². The fourth-order valence-corrected chi connectivity index (χ4v) is 5.16. The SMILES string of the molecule is Cc1nc2cnc3nccc3c2c(C2CCCN(S(=O)(=O)C(C)C)C2)[nH]1. The Balaban J connectivity index is 1.84. The molecule has 3 aromatic rings. The second-order valence-corrected chi connectivity index (χ2v) is 9.72. The average molecular weight is 373 g/mol. The van der Waals surface area contributed by atoms with E-state index in [9.17, 15) is 8.42 Å². The summed E-state index contributed by atoms with van der Waals surface area (Å²) in [4.78, 5) is 16.7. The van der Waals surface area contributed by atoms with Gasteiger partial charge in [-0.05, 0) is 39.7 Å². The molecule has 1 aliphatic heterocycles. The molecule has 4 heterocycles. The van der Waals surface area contributed by atoms with E-state index in [1.165, 1.54) is 0 Å². The standard InChI is InChI=1S/C18H23N5O2S/c1-11(2)26(24,25)23-8-4-5-13(10-23)17-16-14-6-7-19-18(14)20-9-15(16)21-12(3)22-17/h6-7,9,11,13H,4-5,8,10H2,1-3H3,(H,21,22). The lowest BCUT2D eigenvalue weighted by Gasteiger charge is -2.33. The van der Waals surface area contributed by atoms with Crippen molar-refractivity contribution in [2.24, 2.45) is 0 Å². The van der Waals surface area contributed by atoms with Crippen LogP contribution < -0.4 is 0 Å². The molecule has 1 atom stereocenters. The van der Waals surface area contributed by atoms with Gasteiger partial charge in [0.2, 0.25) is 10.0 Å². The first-order chi connectivity index (χ1) is 12.4. The van der Waals surface area contributed by atoms with Gasteiger partial charge in [0.15, 0.2) is 5.65 Å². The van der Waals surface area contributed by atoms with Gasteiger partial charge in [-0.3, -0.25) is 0 Å².